The minimum absolute atomic E-state index is 0. The van der Waals surface area contributed by atoms with E-state index in [1.54, 1.807) is 14.1 Å². The summed E-state index contributed by atoms with van der Waals surface area (Å²) >= 11 is 0. The highest BCUT2D eigenvalue weighted by molar-refractivity contribution is 14.0. The van der Waals surface area contributed by atoms with Crippen LogP contribution in [-0.2, 0) is 16.1 Å². The molecule has 0 aliphatic rings. The summed E-state index contributed by atoms with van der Waals surface area (Å²) in [5.74, 6) is 0.517. The number of rotatable bonds is 7. The molecule has 0 atom stereocenters. The van der Waals surface area contributed by atoms with Crippen molar-refractivity contribution in [3.05, 3.63) is 29.8 Å². The Morgan fingerprint density at radius 3 is 2.23 bits per heavy atom. The molecule has 2 amide bonds. The number of aliphatic imine (C=N–C) groups is 1. The molecular formula is C18H30IN5O2. The van der Waals surface area contributed by atoms with Crippen LogP contribution in [0, 0.1) is 5.92 Å². The van der Waals surface area contributed by atoms with Gasteiger partial charge in [-0.1, -0.05) is 26.0 Å². The molecule has 0 aliphatic heterocycles. The molecule has 0 bridgehead atoms. The van der Waals surface area contributed by atoms with Gasteiger partial charge in [0, 0.05) is 32.2 Å². The molecule has 7 nitrogen and oxygen atoms in total. The second kappa shape index (κ2) is 12.5. The average Bonchev–Trinajstić information content (AvgIpc) is 2.58. The fourth-order valence-electron chi connectivity index (χ4n) is 1.81. The average molecular weight is 475 g/mol. The normalized spacial score (nSPS) is 10.8. The molecule has 0 heterocycles. The molecule has 146 valence electrons. The maximum atomic E-state index is 11.7. The minimum Gasteiger partial charge on any atom is -0.357 e. The van der Waals surface area contributed by atoms with Crippen LogP contribution in [-0.4, -0.2) is 49.9 Å². The molecule has 0 saturated heterocycles. The second-order valence-electron chi connectivity index (χ2n) is 6.18. The standard InChI is InChI=1S/C18H29N5O2.HI/c1-6-19-18(21-12-16(24)23(4)5)20-11-14-7-9-15(10-8-14)22-17(25)13(2)3;/h7-10,13H,6,11-12H2,1-5H3,(H,22,25)(H2,19,20,21);1H. The number of nitrogens with zero attached hydrogens (tertiary/aromatic N) is 2. The maximum Gasteiger partial charge on any atom is 0.241 e. The SMILES string of the molecule is CCNC(=NCc1ccc(NC(=O)C(C)C)cc1)NCC(=O)N(C)C.I. The highest BCUT2D eigenvalue weighted by Crippen LogP contribution is 2.11. The van der Waals surface area contributed by atoms with Gasteiger partial charge in [0.05, 0.1) is 13.1 Å². The number of anilines is 1. The Hall–Kier alpha value is -1.84. The van der Waals surface area contributed by atoms with E-state index in [-0.39, 0.29) is 48.3 Å². The lowest BCUT2D eigenvalue weighted by Gasteiger charge is -2.14. The van der Waals surface area contributed by atoms with Gasteiger partial charge >= 0.3 is 0 Å². The molecule has 3 N–H and O–H groups in total. The molecule has 0 fully saturated rings. The van der Waals surface area contributed by atoms with Crippen molar-refractivity contribution in [3.63, 3.8) is 0 Å². The first kappa shape index (κ1) is 24.2. The maximum absolute atomic E-state index is 11.7. The molecule has 1 rings (SSSR count). The van der Waals surface area contributed by atoms with E-state index in [0.717, 1.165) is 11.3 Å². The molecule has 0 spiro atoms. The van der Waals surface area contributed by atoms with E-state index in [4.69, 9.17) is 0 Å². The first-order valence-electron chi connectivity index (χ1n) is 8.45. The fourth-order valence-corrected chi connectivity index (χ4v) is 1.81. The van der Waals surface area contributed by atoms with Crippen LogP contribution < -0.4 is 16.0 Å². The third-order valence-electron chi connectivity index (χ3n) is 3.42. The Morgan fingerprint density at radius 2 is 1.73 bits per heavy atom. The number of hydrogen-bond acceptors (Lipinski definition) is 3. The molecular weight excluding hydrogens is 445 g/mol. The van der Waals surface area contributed by atoms with Gasteiger partial charge in [0.25, 0.3) is 0 Å². The molecule has 0 saturated carbocycles. The molecule has 0 unspecified atom stereocenters. The monoisotopic (exact) mass is 475 g/mol. The predicted molar refractivity (Wildman–Crippen MR) is 117 cm³/mol. The van der Waals surface area contributed by atoms with Crippen molar-refractivity contribution in [2.45, 2.75) is 27.3 Å². The summed E-state index contributed by atoms with van der Waals surface area (Å²) in [5, 5.41) is 8.98. The van der Waals surface area contributed by atoms with Crippen LogP contribution in [0.5, 0.6) is 0 Å². The van der Waals surface area contributed by atoms with Gasteiger partial charge in [0.1, 0.15) is 0 Å². The predicted octanol–water partition coefficient (Wildman–Crippen LogP) is 2.04. The van der Waals surface area contributed by atoms with Gasteiger partial charge in [0.2, 0.25) is 11.8 Å². The van der Waals surface area contributed by atoms with Gasteiger partial charge in [-0.2, -0.15) is 0 Å². The van der Waals surface area contributed by atoms with E-state index in [1.807, 2.05) is 45.0 Å². The van der Waals surface area contributed by atoms with Crippen LogP contribution in [0.1, 0.15) is 26.3 Å². The first-order chi connectivity index (χ1) is 11.8. The molecule has 0 aromatic heterocycles. The fraction of sp³-hybridized carbons (Fsp3) is 0.500. The molecule has 0 radical (unpaired) electrons. The summed E-state index contributed by atoms with van der Waals surface area (Å²) in [6, 6.07) is 7.57. The Balaban J connectivity index is 0.00000625. The third-order valence-corrected chi connectivity index (χ3v) is 3.42. The van der Waals surface area contributed by atoms with E-state index < -0.39 is 0 Å². The Bertz CT molecular complexity index is 600. The van der Waals surface area contributed by atoms with Gasteiger partial charge in [0.15, 0.2) is 5.96 Å². The number of carbonyl (C=O) groups excluding carboxylic acids is 2. The van der Waals surface area contributed by atoms with Crippen molar-refractivity contribution in [2.75, 3.05) is 32.5 Å². The van der Waals surface area contributed by atoms with Crippen molar-refractivity contribution < 1.29 is 9.59 Å². The van der Waals surface area contributed by atoms with Crippen molar-refractivity contribution >= 4 is 47.4 Å². The van der Waals surface area contributed by atoms with Gasteiger partial charge < -0.3 is 20.9 Å². The topological polar surface area (TPSA) is 85.8 Å². The summed E-state index contributed by atoms with van der Waals surface area (Å²) < 4.78 is 0. The number of halogens is 1. The van der Waals surface area contributed by atoms with Gasteiger partial charge in [-0.15, -0.1) is 24.0 Å². The van der Waals surface area contributed by atoms with Gasteiger partial charge in [-0.3, -0.25) is 9.59 Å². The third kappa shape index (κ3) is 9.02. The van der Waals surface area contributed by atoms with E-state index >= 15 is 0 Å². The highest BCUT2D eigenvalue weighted by atomic mass is 127. The Kier molecular flexibility index (Phi) is 11.6. The Morgan fingerprint density at radius 1 is 1.12 bits per heavy atom. The first-order valence-corrected chi connectivity index (χ1v) is 8.45. The summed E-state index contributed by atoms with van der Waals surface area (Å²) in [6.07, 6.45) is 0. The number of benzene rings is 1. The number of likely N-dealkylation sites (N-methyl/N-ethyl adjacent to an activating group) is 1. The number of guanidine groups is 1. The lowest BCUT2D eigenvalue weighted by Crippen LogP contribution is -2.42. The summed E-state index contributed by atoms with van der Waals surface area (Å²) in [4.78, 5) is 29.3. The molecule has 26 heavy (non-hydrogen) atoms. The van der Waals surface area contributed by atoms with E-state index in [9.17, 15) is 9.59 Å². The van der Waals surface area contributed by atoms with Crippen LogP contribution in [0.3, 0.4) is 0 Å². The van der Waals surface area contributed by atoms with Crippen molar-refractivity contribution in [3.8, 4) is 0 Å². The van der Waals surface area contributed by atoms with Crippen molar-refractivity contribution in [1.82, 2.24) is 15.5 Å². The zero-order valence-corrected chi connectivity index (χ0v) is 18.5. The molecule has 1 aromatic rings. The van der Waals surface area contributed by atoms with Crippen molar-refractivity contribution in [1.29, 1.82) is 0 Å². The van der Waals surface area contributed by atoms with E-state index in [2.05, 4.69) is 20.9 Å². The number of carbonyl (C=O) groups is 2. The van der Waals surface area contributed by atoms with E-state index in [1.165, 1.54) is 4.90 Å². The van der Waals surface area contributed by atoms with Crippen LogP contribution in [0.4, 0.5) is 5.69 Å². The van der Waals surface area contributed by atoms with Gasteiger partial charge in [-0.25, -0.2) is 4.99 Å². The minimum atomic E-state index is -0.0529. The summed E-state index contributed by atoms with van der Waals surface area (Å²) in [5.41, 5.74) is 1.78. The second-order valence-corrected chi connectivity index (χ2v) is 6.18. The quantitative estimate of drug-likeness (QED) is 0.320. The van der Waals surface area contributed by atoms with Crippen LogP contribution in [0.15, 0.2) is 29.3 Å². The zero-order chi connectivity index (χ0) is 18.8. The molecule has 1 aromatic carbocycles. The van der Waals surface area contributed by atoms with E-state index in [0.29, 0.717) is 19.0 Å². The van der Waals surface area contributed by atoms with Crippen LogP contribution in [0.25, 0.3) is 0 Å². The van der Waals surface area contributed by atoms with Crippen LogP contribution in [0.2, 0.25) is 0 Å². The smallest absolute Gasteiger partial charge is 0.241 e. The lowest BCUT2D eigenvalue weighted by molar-refractivity contribution is -0.127. The lowest BCUT2D eigenvalue weighted by atomic mass is 10.2. The number of nitrogens with one attached hydrogen (secondary N) is 3. The number of amides is 2. The zero-order valence-electron chi connectivity index (χ0n) is 16.1. The molecule has 0 aliphatic carbocycles. The summed E-state index contributed by atoms with van der Waals surface area (Å²) in [6.45, 7) is 7.06. The number of hydrogen-bond donors (Lipinski definition) is 3. The van der Waals surface area contributed by atoms with Crippen LogP contribution >= 0.6 is 24.0 Å². The largest absolute Gasteiger partial charge is 0.357 e. The summed E-state index contributed by atoms with van der Waals surface area (Å²) in [7, 11) is 3.43. The van der Waals surface area contributed by atoms with Crippen molar-refractivity contribution in [2.24, 2.45) is 10.9 Å². The Labute approximate surface area is 173 Å². The highest BCUT2D eigenvalue weighted by Gasteiger charge is 2.07. The van der Waals surface area contributed by atoms with Gasteiger partial charge in [-0.05, 0) is 24.6 Å². The molecule has 8 heteroatoms.